The second-order valence-electron chi connectivity index (χ2n) is 15.5. The molecule has 5 saturated carbocycles. The van der Waals surface area contributed by atoms with E-state index >= 15 is 0 Å². The fourth-order valence-corrected chi connectivity index (χ4v) is 11.8. The fraction of sp³-hybridized carbons (Fsp3) is 0.969. The first-order valence-corrected chi connectivity index (χ1v) is 15.4. The van der Waals surface area contributed by atoms with Crippen LogP contribution >= 0.6 is 0 Å². The summed E-state index contributed by atoms with van der Waals surface area (Å²) >= 11 is 0. The van der Waals surface area contributed by atoms with Crippen LogP contribution in [-0.2, 0) is 9.53 Å². The third-order valence-electron chi connectivity index (χ3n) is 14.6. The summed E-state index contributed by atoms with van der Waals surface area (Å²) in [5.41, 5.74) is -1.86. The minimum Gasteiger partial charge on any atom is -0.469 e. The van der Waals surface area contributed by atoms with Gasteiger partial charge in [0, 0.05) is 11.8 Å². The Hall–Kier alpha value is -0.690. The van der Waals surface area contributed by atoms with Gasteiger partial charge in [0.05, 0.1) is 36.9 Å². The van der Waals surface area contributed by atoms with Crippen molar-refractivity contribution < 1.29 is 30.0 Å². The van der Waals surface area contributed by atoms with Gasteiger partial charge in [0.15, 0.2) is 0 Å². The third kappa shape index (κ3) is 3.30. The van der Waals surface area contributed by atoms with Gasteiger partial charge in [-0.25, -0.2) is 0 Å². The number of hydrogen-bond acceptors (Lipinski definition) is 6. The highest BCUT2D eigenvalue weighted by atomic mass is 16.5. The Morgan fingerprint density at radius 1 is 0.974 bits per heavy atom. The van der Waals surface area contributed by atoms with Crippen LogP contribution in [0.1, 0.15) is 106 Å². The van der Waals surface area contributed by atoms with E-state index in [0.29, 0.717) is 24.2 Å². The van der Waals surface area contributed by atoms with Crippen LogP contribution < -0.4 is 0 Å². The van der Waals surface area contributed by atoms with Gasteiger partial charge in [-0.3, -0.25) is 4.79 Å². The molecule has 0 heterocycles. The van der Waals surface area contributed by atoms with E-state index in [4.69, 9.17) is 4.74 Å². The molecule has 5 rings (SSSR count). The minimum atomic E-state index is -1.01. The van der Waals surface area contributed by atoms with E-state index in [-0.39, 0.29) is 52.5 Å². The molecule has 5 aliphatic carbocycles. The monoisotopic (exact) mass is 534 g/mol. The number of ether oxygens (including phenoxy) is 1. The van der Waals surface area contributed by atoms with Crippen LogP contribution in [0.4, 0.5) is 0 Å². The van der Waals surface area contributed by atoms with Crippen LogP contribution in [0.15, 0.2) is 0 Å². The zero-order valence-electron chi connectivity index (χ0n) is 24.9. The van der Waals surface area contributed by atoms with Gasteiger partial charge in [-0.15, -0.1) is 0 Å². The molecule has 6 heteroatoms. The lowest BCUT2D eigenvalue weighted by Gasteiger charge is -2.63. The summed E-state index contributed by atoms with van der Waals surface area (Å²) in [6, 6.07) is 0. The molecule has 0 amide bonds. The van der Waals surface area contributed by atoms with Crippen molar-refractivity contribution in [3.8, 4) is 0 Å². The Balaban J connectivity index is 1.42. The Morgan fingerprint density at radius 2 is 1.63 bits per heavy atom. The normalized spacial score (nSPS) is 51.7. The second-order valence-corrected chi connectivity index (χ2v) is 15.5. The van der Waals surface area contributed by atoms with Crippen LogP contribution in [0.2, 0.25) is 0 Å². The van der Waals surface area contributed by atoms with Crippen LogP contribution in [0.5, 0.6) is 0 Å². The number of carbonyl (C=O) groups excluding carboxylic acids is 1. The van der Waals surface area contributed by atoms with Crippen molar-refractivity contribution in [1.29, 1.82) is 0 Å². The van der Waals surface area contributed by atoms with Gasteiger partial charge in [-0.05, 0) is 111 Å². The molecule has 218 valence electrons. The molecule has 0 aromatic heterocycles. The van der Waals surface area contributed by atoms with Crippen LogP contribution in [0, 0.1) is 56.7 Å². The van der Waals surface area contributed by atoms with Crippen LogP contribution in [0.3, 0.4) is 0 Å². The van der Waals surface area contributed by atoms with Crippen molar-refractivity contribution in [1.82, 2.24) is 0 Å². The summed E-state index contributed by atoms with van der Waals surface area (Å²) in [5.74, 6) is 1.21. The van der Waals surface area contributed by atoms with Gasteiger partial charge in [0.25, 0.3) is 0 Å². The highest BCUT2D eigenvalue weighted by Gasteiger charge is 2.85. The standard InChI is InChI=1S/C32H54O6/c1-19(2)31(37,18-33)13-10-20(3)21-11-12-28(5)22-8-9-23-29(6,26(36)38-7)24(34)16-25(35)32(23)17-30(22,32)15-14-27(21,28)4/h19-25,33-35,37H,8-18H2,1-7H3/t20-,21-,22+,23+,24+,25+,27-,28+,29+,30+,31?,32-/m1/s1. The first-order valence-electron chi connectivity index (χ1n) is 15.4. The van der Waals surface area contributed by atoms with Gasteiger partial charge in [-0.2, -0.15) is 0 Å². The highest BCUT2D eigenvalue weighted by Crippen LogP contribution is 2.89. The summed E-state index contributed by atoms with van der Waals surface area (Å²) in [7, 11) is 1.42. The first kappa shape index (κ1) is 28.8. The lowest BCUT2D eigenvalue weighted by atomic mass is 9.41. The highest BCUT2D eigenvalue weighted by molar-refractivity contribution is 5.78. The topological polar surface area (TPSA) is 107 Å². The molecule has 0 saturated heterocycles. The number of methoxy groups -OCH3 is 1. The molecule has 4 N–H and O–H groups in total. The van der Waals surface area contributed by atoms with Gasteiger partial charge in [0.1, 0.15) is 0 Å². The summed E-state index contributed by atoms with van der Waals surface area (Å²) in [6.45, 7) is 13.1. The first-order chi connectivity index (χ1) is 17.6. The number of rotatable bonds is 7. The molecule has 0 aliphatic heterocycles. The molecule has 0 aromatic rings. The smallest absolute Gasteiger partial charge is 0.314 e. The van der Waals surface area contributed by atoms with E-state index < -0.39 is 23.2 Å². The molecule has 2 spiro atoms. The molecule has 38 heavy (non-hydrogen) atoms. The van der Waals surface area contributed by atoms with Gasteiger partial charge >= 0.3 is 5.97 Å². The summed E-state index contributed by atoms with van der Waals surface area (Å²) in [5, 5.41) is 43.5. The molecule has 6 nitrogen and oxygen atoms in total. The SMILES string of the molecule is COC(=O)[C@]1(C)[C@@H](O)C[C@H](O)[C@]23C[C@]24CC[C@]2(C)[C@@H]([C@H](C)CCC(O)(CO)C(C)C)CC[C@@]2(C)[C@@H]4CC[C@@H]13. The number of aliphatic hydroxyl groups excluding tert-OH is 3. The Kier molecular flexibility index (Phi) is 6.75. The summed E-state index contributed by atoms with van der Waals surface area (Å²) < 4.78 is 5.25. The van der Waals surface area contributed by atoms with E-state index in [1.54, 1.807) is 0 Å². The number of aliphatic hydroxyl groups is 4. The zero-order valence-corrected chi connectivity index (χ0v) is 24.9. The Bertz CT molecular complexity index is 952. The average molecular weight is 535 g/mol. The molecule has 0 radical (unpaired) electrons. The van der Waals surface area contributed by atoms with Crippen molar-refractivity contribution >= 4 is 5.97 Å². The quantitative estimate of drug-likeness (QED) is 0.353. The largest absolute Gasteiger partial charge is 0.469 e. The van der Waals surface area contributed by atoms with Crippen molar-refractivity contribution in [2.75, 3.05) is 13.7 Å². The van der Waals surface area contributed by atoms with E-state index in [0.717, 1.165) is 38.5 Å². The Labute approximate surface area is 229 Å². The number of esters is 1. The predicted molar refractivity (Wildman–Crippen MR) is 146 cm³/mol. The van der Waals surface area contributed by atoms with E-state index in [1.807, 2.05) is 20.8 Å². The molecule has 0 bridgehead atoms. The molecule has 0 aromatic carbocycles. The van der Waals surface area contributed by atoms with Gasteiger partial charge < -0.3 is 25.2 Å². The van der Waals surface area contributed by atoms with Crippen molar-refractivity contribution in [3.63, 3.8) is 0 Å². The minimum absolute atomic E-state index is 0.0241. The van der Waals surface area contributed by atoms with E-state index in [1.165, 1.54) is 20.0 Å². The second kappa shape index (κ2) is 8.90. The van der Waals surface area contributed by atoms with Crippen molar-refractivity contribution in [2.24, 2.45) is 56.7 Å². The summed E-state index contributed by atoms with van der Waals surface area (Å²) in [4.78, 5) is 13.1. The van der Waals surface area contributed by atoms with E-state index in [9.17, 15) is 25.2 Å². The molecular weight excluding hydrogens is 480 g/mol. The van der Waals surface area contributed by atoms with Crippen molar-refractivity contribution in [2.45, 2.75) is 124 Å². The van der Waals surface area contributed by atoms with Gasteiger partial charge in [-0.1, -0.05) is 34.6 Å². The lowest BCUT2D eigenvalue weighted by molar-refractivity contribution is -0.212. The molecule has 1 unspecified atom stereocenters. The predicted octanol–water partition coefficient (Wildman–Crippen LogP) is 4.71. The van der Waals surface area contributed by atoms with Crippen molar-refractivity contribution in [3.05, 3.63) is 0 Å². The maximum atomic E-state index is 13.1. The fourth-order valence-electron chi connectivity index (χ4n) is 11.8. The van der Waals surface area contributed by atoms with E-state index in [2.05, 4.69) is 20.8 Å². The summed E-state index contributed by atoms with van der Waals surface area (Å²) in [6.07, 6.45) is 7.82. The Morgan fingerprint density at radius 3 is 2.24 bits per heavy atom. The number of hydrogen-bond donors (Lipinski definition) is 4. The average Bonchev–Trinajstić information content (AvgIpc) is 3.50. The van der Waals surface area contributed by atoms with Crippen LogP contribution in [-0.4, -0.2) is 57.9 Å². The third-order valence-corrected chi connectivity index (χ3v) is 14.6. The van der Waals surface area contributed by atoms with Gasteiger partial charge in [0.2, 0.25) is 0 Å². The molecule has 5 aliphatic rings. The maximum absolute atomic E-state index is 13.1. The zero-order chi connectivity index (χ0) is 28.1. The number of fused-ring (bicyclic) bond motifs is 2. The number of carbonyl (C=O) groups is 1. The molecule has 12 atom stereocenters. The molecule has 5 fully saturated rings. The maximum Gasteiger partial charge on any atom is 0.314 e. The lowest BCUT2D eigenvalue weighted by Crippen LogP contribution is -2.63. The molecular formula is C32H54O6. The van der Waals surface area contributed by atoms with Crippen LogP contribution in [0.25, 0.3) is 0 Å².